The van der Waals surface area contributed by atoms with Crippen molar-refractivity contribution in [2.75, 3.05) is 11.6 Å². The Balaban J connectivity index is 1.62. The van der Waals surface area contributed by atoms with E-state index in [0.717, 1.165) is 26.9 Å². The van der Waals surface area contributed by atoms with Gasteiger partial charge in [-0.25, -0.2) is 26.9 Å². The summed E-state index contributed by atoms with van der Waals surface area (Å²) < 4.78 is 42.0. The zero-order chi connectivity index (χ0) is 24.6. The molecule has 2 amide bonds. The van der Waals surface area contributed by atoms with Crippen molar-refractivity contribution >= 4 is 67.2 Å². The van der Waals surface area contributed by atoms with Gasteiger partial charge < -0.3 is 10.4 Å². The Morgan fingerprint density at radius 2 is 1.91 bits per heavy atom. The van der Waals surface area contributed by atoms with Crippen LogP contribution in [0.2, 0.25) is 4.34 Å². The first kappa shape index (κ1) is 24.1. The zero-order valence-corrected chi connectivity index (χ0v) is 20.4. The highest BCUT2D eigenvalue weighted by Gasteiger charge is 2.21. The van der Waals surface area contributed by atoms with Gasteiger partial charge in [0.2, 0.25) is 5.88 Å². The van der Waals surface area contributed by atoms with Crippen LogP contribution in [0.3, 0.4) is 0 Å². The van der Waals surface area contributed by atoms with Crippen LogP contribution in [0.5, 0.6) is 5.88 Å². The third-order valence-electron chi connectivity index (χ3n) is 4.70. The lowest BCUT2D eigenvalue weighted by Crippen LogP contribution is -2.34. The molecular weight excluding hydrogens is 525 g/mol. The lowest BCUT2D eigenvalue weighted by molar-refractivity contribution is 0.256. The van der Waals surface area contributed by atoms with Gasteiger partial charge >= 0.3 is 6.03 Å². The van der Waals surface area contributed by atoms with Crippen molar-refractivity contribution in [2.45, 2.75) is 9.10 Å². The zero-order valence-electron chi connectivity index (χ0n) is 17.2. The van der Waals surface area contributed by atoms with Gasteiger partial charge in [-0.05, 0) is 54.1 Å². The highest BCUT2D eigenvalue weighted by molar-refractivity contribution is 7.98. The molecule has 0 atom stereocenters. The molecule has 0 aliphatic heterocycles. The molecule has 34 heavy (non-hydrogen) atoms. The standard InChI is InChI=1S/C21H15ClFN3O5S3/c1-32-13-4-2-11-8-18(27)26(20(28)14(11)10-13)16-5-3-12(9-15(16)23)24-21(29)25-34(30,31)19-7-6-17(22)33-19/h2-10,28H,1H3,(H2,24,25,29). The molecule has 2 aromatic carbocycles. The van der Waals surface area contributed by atoms with Crippen LogP contribution in [0.1, 0.15) is 0 Å². The van der Waals surface area contributed by atoms with E-state index in [1.807, 2.05) is 6.26 Å². The number of hydrogen-bond donors (Lipinski definition) is 3. The summed E-state index contributed by atoms with van der Waals surface area (Å²) in [5.41, 5.74) is -0.970. The Morgan fingerprint density at radius 1 is 1.15 bits per heavy atom. The summed E-state index contributed by atoms with van der Waals surface area (Å²) in [6.45, 7) is 0. The first-order chi connectivity index (χ1) is 16.1. The van der Waals surface area contributed by atoms with Gasteiger partial charge in [-0.15, -0.1) is 23.1 Å². The number of thiophene rings is 1. The molecule has 0 saturated heterocycles. The highest BCUT2D eigenvalue weighted by Crippen LogP contribution is 2.30. The predicted molar refractivity (Wildman–Crippen MR) is 132 cm³/mol. The summed E-state index contributed by atoms with van der Waals surface area (Å²) in [6.07, 6.45) is 1.86. The van der Waals surface area contributed by atoms with Crippen LogP contribution >= 0.6 is 34.7 Å². The van der Waals surface area contributed by atoms with E-state index in [9.17, 15) is 27.5 Å². The van der Waals surface area contributed by atoms with Gasteiger partial charge in [0.05, 0.1) is 10.0 Å². The number of thioether (sulfide) groups is 1. The lowest BCUT2D eigenvalue weighted by atomic mass is 10.1. The van der Waals surface area contributed by atoms with Gasteiger partial charge in [0, 0.05) is 22.0 Å². The minimum absolute atomic E-state index is 0.0730. The summed E-state index contributed by atoms with van der Waals surface area (Å²) in [5, 5.41) is 13.8. The topological polar surface area (TPSA) is 118 Å². The number of rotatable bonds is 5. The van der Waals surface area contributed by atoms with Crippen molar-refractivity contribution in [3.8, 4) is 11.6 Å². The molecule has 0 saturated carbocycles. The van der Waals surface area contributed by atoms with E-state index in [2.05, 4.69) is 5.32 Å². The Bertz CT molecular complexity index is 1600. The molecule has 2 heterocycles. The van der Waals surface area contributed by atoms with Gasteiger partial charge in [-0.1, -0.05) is 17.7 Å². The van der Waals surface area contributed by atoms with Gasteiger partial charge in [0.15, 0.2) is 0 Å². The molecule has 0 bridgehead atoms. The van der Waals surface area contributed by atoms with Crippen molar-refractivity contribution < 1.29 is 22.7 Å². The van der Waals surface area contributed by atoms with Crippen LogP contribution in [0.15, 0.2) is 68.5 Å². The summed E-state index contributed by atoms with van der Waals surface area (Å²) in [6, 6.07) is 11.3. The summed E-state index contributed by atoms with van der Waals surface area (Å²) in [5.74, 6) is -1.36. The van der Waals surface area contributed by atoms with Gasteiger partial charge in [0.1, 0.15) is 10.0 Å². The minimum atomic E-state index is -4.16. The number of halogens is 2. The number of aromatic nitrogens is 1. The minimum Gasteiger partial charge on any atom is -0.494 e. The molecule has 4 rings (SSSR count). The van der Waals surface area contributed by atoms with E-state index in [1.54, 1.807) is 22.9 Å². The molecule has 0 spiro atoms. The second-order valence-corrected chi connectivity index (χ2v) is 11.4. The molecule has 8 nitrogen and oxygen atoms in total. The number of hydrogen-bond acceptors (Lipinski definition) is 7. The highest BCUT2D eigenvalue weighted by atomic mass is 35.5. The number of anilines is 1. The largest absolute Gasteiger partial charge is 0.494 e. The molecule has 0 unspecified atom stereocenters. The Morgan fingerprint density at radius 3 is 2.56 bits per heavy atom. The fraction of sp³-hybridized carbons (Fsp3) is 0.0476. The maximum absolute atomic E-state index is 14.9. The number of urea groups is 1. The van der Waals surface area contributed by atoms with Crippen molar-refractivity contribution in [1.29, 1.82) is 0 Å². The molecule has 4 aromatic rings. The summed E-state index contributed by atoms with van der Waals surface area (Å²) in [7, 11) is -4.16. The maximum Gasteiger partial charge on any atom is 0.333 e. The van der Waals surface area contributed by atoms with Gasteiger partial charge in [-0.3, -0.25) is 4.79 Å². The number of benzene rings is 2. The first-order valence-corrected chi connectivity index (χ1v) is 13.3. The fourth-order valence-corrected chi connectivity index (χ4v) is 6.00. The number of aromatic hydroxyl groups is 1. The number of carbonyl (C=O) groups is 1. The number of nitrogens with zero attached hydrogens (tertiary/aromatic N) is 1. The molecule has 2 aromatic heterocycles. The van der Waals surface area contributed by atoms with Crippen LogP contribution in [-0.4, -0.2) is 30.4 Å². The van der Waals surface area contributed by atoms with Crippen LogP contribution in [-0.2, 0) is 10.0 Å². The molecule has 0 radical (unpaired) electrons. The summed E-state index contributed by atoms with van der Waals surface area (Å²) >= 11 is 7.94. The number of pyridine rings is 1. The monoisotopic (exact) mass is 539 g/mol. The second-order valence-electron chi connectivity index (χ2n) is 6.88. The van der Waals surface area contributed by atoms with Crippen molar-refractivity contribution in [3.63, 3.8) is 0 Å². The molecule has 0 fully saturated rings. The molecule has 3 N–H and O–H groups in total. The Kier molecular flexibility index (Phi) is 6.58. The summed E-state index contributed by atoms with van der Waals surface area (Å²) in [4.78, 5) is 25.6. The van der Waals surface area contributed by atoms with E-state index in [0.29, 0.717) is 10.8 Å². The van der Waals surface area contributed by atoms with Gasteiger partial charge in [-0.2, -0.15) is 0 Å². The third kappa shape index (κ3) is 4.75. The molecular formula is C21H15ClFN3O5S3. The maximum atomic E-state index is 14.9. The van der Waals surface area contributed by atoms with Crippen LogP contribution < -0.4 is 15.6 Å². The fourth-order valence-electron chi connectivity index (χ4n) is 3.17. The quantitative estimate of drug-likeness (QED) is 0.314. The number of carbonyl (C=O) groups excluding carboxylic acids is 1. The van der Waals surface area contributed by atoms with E-state index in [4.69, 9.17) is 11.6 Å². The van der Waals surface area contributed by atoms with E-state index >= 15 is 0 Å². The Hall–Kier alpha value is -3.06. The normalized spacial score (nSPS) is 11.5. The van der Waals surface area contributed by atoms with E-state index in [1.165, 1.54) is 42.1 Å². The van der Waals surface area contributed by atoms with E-state index in [-0.39, 0.29) is 19.9 Å². The third-order valence-corrected chi connectivity index (χ3v) is 8.48. The SMILES string of the molecule is CSc1ccc2cc(=O)n(-c3ccc(NC(=O)NS(=O)(=O)c4ccc(Cl)s4)cc3F)c(O)c2c1. The van der Waals surface area contributed by atoms with E-state index < -0.39 is 33.3 Å². The lowest BCUT2D eigenvalue weighted by Gasteiger charge is -2.14. The predicted octanol–water partition coefficient (Wildman–Crippen LogP) is 4.78. The van der Waals surface area contributed by atoms with Gasteiger partial charge in [0.25, 0.3) is 15.6 Å². The Labute approximate surface area is 206 Å². The molecule has 0 aliphatic rings. The van der Waals surface area contributed by atoms with Crippen LogP contribution in [0.25, 0.3) is 16.5 Å². The average Bonchev–Trinajstić information content (AvgIpc) is 3.22. The number of nitrogens with one attached hydrogen (secondary N) is 2. The molecule has 176 valence electrons. The number of amides is 2. The second kappa shape index (κ2) is 9.29. The van der Waals surface area contributed by atoms with Crippen molar-refractivity contribution in [2.24, 2.45) is 0 Å². The van der Waals surface area contributed by atoms with Crippen LogP contribution in [0, 0.1) is 5.82 Å². The number of fused-ring (bicyclic) bond motifs is 1. The smallest absolute Gasteiger partial charge is 0.333 e. The molecule has 0 aliphatic carbocycles. The van der Waals surface area contributed by atoms with Crippen molar-refractivity contribution in [3.05, 3.63) is 75.1 Å². The van der Waals surface area contributed by atoms with Crippen LogP contribution in [0.4, 0.5) is 14.9 Å². The molecule has 13 heteroatoms. The average molecular weight is 540 g/mol. The first-order valence-electron chi connectivity index (χ1n) is 9.41. The number of sulfonamides is 1. The van der Waals surface area contributed by atoms with Crippen molar-refractivity contribution in [1.82, 2.24) is 9.29 Å².